The first-order valence-electron chi connectivity index (χ1n) is 10.6. The van der Waals surface area contributed by atoms with Crippen LogP contribution in [-0.2, 0) is 19.6 Å². The number of fused-ring (bicyclic) bond motifs is 1. The summed E-state index contributed by atoms with van der Waals surface area (Å²) in [6.45, 7) is 0.990. The van der Waals surface area contributed by atoms with Crippen LogP contribution in [0, 0.1) is 0 Å². The lowest BCUT2D eigenvalue weighted by molar-refractivity contribution is -0.125. The van der Waals surface area contributed by atoms with Gasteiger partial charge < -0.3 is 19.7 Å². The Kier molecular flexibility index (Phi) is 6.59. The Morgan fingerprint density at radius 3 is 2.35 bits per heavy atom. The maximum absolute atomic E-state index is 12.7. The van der Waals surface area contributed by atoms with Crippen molar-refractivity contribution in [3.8, 4) is 11.5 Å². The van der Waals surface area contributed by atoms with Crippen LogP contribution in [-0.4, -0.2) is 69.4 Å². The van der Waals surface area contributed by atoms with Crippen LogP contribution in [0.5, 0.6) is 11.5 Å². The maximum atomic E-state index is 12.7. The molecular weight excluding hydrogens is 464 g/mol. The summed E-state index contributed by atoms with van der Waals surface area (Å²) in [5, 5.41) is 2.71. The molecule has 0 unspecified atom stereocenters. The van der Waals surface area contributed by atoms with Gasteiger partial charge in [-0.05, 0) is 42.8 Å². The topological polar surface area (TPSA) is 134 Å². The van der Waals surface area contributed by atoms with Crippen LogP contribution in [0.25, 0.3) is 0 Å². The first-order valence-corrected chi connectivity index (χ1v) is 12.1. The number of anilines is 2. The number of likely N-dealkylation sites (N-methyl/N-ethyl adjacent to an activating group) is 1. The number of carbonyl (C=O) groups is 3. The lowest BCUT2D eigenvalue weighted by Crippen LogP contribution is -2.32. The van der Waals surface area contributed by atoms with E-state index in [2.05, 4.69) is 10.0 Å². The molecule has 0 saturated carbocycles. The molecule has 12 heteroatoms. The summed E-state index contributed by atoms with van der Waals surface area (Å²) < 4.78 is 38.8. The molecule has 180 valence electrons. The number of urea groups is 1. The highest BCUT2D eigenvalue weighted by Gasteiger charge is 2.32. The van der Waals surface area contributed by atoms with Gasteiger partial charge in [-0.15, -0.1) is 0 Å². The molecule has 2 aliphatic rings. The van der Waals surface area contributed by atoms with E-state index in [1.165, 1.54) is 29.2 Å². The number of ether oxygens (including phenoxy) is 2. The third kappa shape index (κ3) is 5.22. The Morgan fingerprint density at radius 1 is 1.00 bits per heavy atom. The van der Waals surface area contributed by atoms with Crippen LogP contribution >= 0.6 is 0 Å². The molecule has 2 heterocycles. The van der Waals surface area contributed by atoms with E-state index in [9.17, 15) is 22.8 Å². The first-order chi connectivity index (χ1) is 16.2. The molecule has 0 aromatic heterocycles. The predicted molar refractivity (Wildman–Crippen MR) is 122 cm³/mol. The SMILES string of the molecule is CN1CC(=O)N(CCCC(=O)Nc2ccc(NS(=O)(=O)c3ccc4c(c3)OCCO4)cc2)C1=O. The zero-order valence-corrected chi connectivity index (χ0v) is 19.3. The van der Waals surface area contributed by atoms with Gasteiger partial charge in [0.15, 0.2) is 11.5 Å². The van der Waals surface area contributed by atoms with Crippen molar-refractivity contribution in [3.05, 3.63) is 42.5 Å². The van der Waals surface area contributed by atoms with Crippen LogP contribution in [0.3, 0.4) is 0 Å². The average Bonchev–Trinajstić information content (AvgIpc) is 3.05. The Labute approximate surface area is 196 Å². The normalized spacial score (nSPS) is 15.4. The van der Waals surface area contributed by atoms with Gasteiger partial charge in [-0.2, -0.15) is 0 Å². The van der Waals surface area contributed by atoms with Gasteiger partial charge in [0.1, 0.15) is 19.8 Å². The van der Waals surface area contributed by atoms with E-state index in [-0.39, 0.29) is 42.3 Å². The van der Waals surface area contributed by atoms with E-state index in [0.717, 1.165) is 4.90 Å². The Hall–Kier alpha value is -3.80. The third-order valence-electron chi connectivity index (χ3n) is 5.26. The lowest BCUT2D eigenvalue weighted by Gasteiger charge is -2.19. The standard InChI is InChI=1S/C22H24N4O7S/c1-25-14-21(28)26(22(25)29)10-2-3-20(27)23-15-4-6-16(7-5-15)24-34(30,31)17-8-9-18-19(13-17)33-12-11-32-18/h4-9,13,24H,2-3,10-12,14H2,1H3,(H,23,27). The smallest absolute Gasteiger partial charge is 0.326 e. The van der Waals surface area contributed by atoms with Gasteiger partial charge in [-0.3, -0.25) is 19.2 Å². The number of rotatable bonds is 8. The van der Waals surface area contributed by atoms with Gasteiger partial charge in [-0.1, -0.05) is 0 Å². The van der Waals surface area contributed by atoms with Crippen LogP contribution in [0.15, 0.2) is 47.4 Å². The highest BCUT2D eigenvalue weighted by atomic mass is 32.2. The number of hydrogen-bond donors (Lipinski definition) is 2. The molecule has 1 saturated heterocycles. The molecule has 4 amide bonds. The third-order valence-corrected chi connectivity index (χ3v) is 6.64. The van der Waals surface area contributed by atoms with Crippen molar-refractivity contribution in [2.75, 3.05) is 43.4 Å². The van der Waals surface area contributed by atoms with Gasteiger partial charge in [0, 0.05) is 37.5 Å². The summed E-state index contributed by atoms with van der Waals surface area (Å²) in [4.78, 5) is 38.3. The van der Waals surface area contributed by atoms with Gasteiger partial charge >= 0.3 is 6.03 Å². The fourth-order valence-corrected chi connectivity index (χ4v) is 4.61. The van der Waals surface area contributed by atoms with Gasteiger partial charge in [-0.25, -0.2) is 13.2 Å². The maximum Gasteiger partial charge on any atom is 0.326 e. The minimum atomic E-state index is -3.85. The molecule has 2 aliphatic heterocycles. The van der Waals surface area contributed by atoms with Gasteiger partial charge in [0.05, 0.1) is 4.90 Å². The second kappa shape index (κ2) is 9.59. The molecule has 0 spiro atoms. The highest BCUT2D eigenvalue weighted by Crippen LogP contribution is 2.32. The molecule has 1 fully saturated rings. The van der Waals surface area contributed by atoms with E-state index >= 15 is 0 Å². The first kappa shape index (κ1) is 23.4. The monoisotopic (exact) mass is 488 g/mol. The number of imide groups is 1. The second-order valence-corrected chi connectivity index (χ2v) is 9.51. The molecule has 0 aliphatic carbocycles. The predicted octanol–water partition coefficient (Wildman–Crippen LogP) is 1.87. The van der Waals surface area contributed by atoms with E-state index in [0.29, 0.717) is 42.5 Å². The quantitative estimate of drug-likeness (QED) is 0.542. The Morgan fingerprint density at radius 2 is 1.68 bits per heavy atom. The summed E-state index contributed by atoms with van der Waals surface area (Å²) in [5.41, 5.74) is 0.809. The van der Waals surface area contributed by atoms with Gasteiger partial charge in [0.2, 0.25) is 11.8 Å². The van der Waals surface area contributed by atoms with E-state index in [1.807, 2.05) is 0 Å². The number of nitrogens with one attached hydrogen (secondary N) is 2. The molecule has 0 radical (unpaired) electrons. The van der Waals surface area contributed by atoms with Crippen LogP contribution in [0.1, 0.15) is 12.8 Å². The van der Waals surface area contributed by atoms with Crippen LogP contribution < -0.4 is 19.5 Å². The zero-order chi connectivity index (χ0) is 24.3. The van der Waals surface area contributed by atoms with E-state index in [4.69, 9.17) is 9.47 Å². The average molecular weight is 489 g/mol. The number of hydrogen-bond acceptors (Lipinski definition) is 7. The molecular formula is C22H24N4O7S. The zero-order valence-electron chi connectivity index (χ0n) is 18.4. The number of amides is 4. The van der Waals surface area contributed by atoms with Crippen molar-refractivity contribution in [2.45, 2.75) is 17.7 Å². The van der Waals surface area contributed by atoms with Crippen molar-refractivity contribution in [1.82, 2.24) is 9.80 Å². The summed E-state index contributed by atoms with van der Waals surface area (Å²) in [6.07, 6.45) is 0.462. The number of benzene rings is 2. The molecule has 2 aromatic rings. The second-order valence-electron chi connectivity index (χ2n) is 7.82. The van der Waals surface area contributed by atoms with Crippen molar-refractivity contribution in [2.24, 2.45) is 0 Å². The Bertz CT molecular complexity index is 1210. The molecule has 2 aromatic carbocycles. The molecule has 0 atom stereocenters. The summed E-state index contributed by atoms with van der Waals surface area (Å²) >= 11 is 0. The lowest BCUT2D eigenvalue weighted by atomic mass is 10.2. The number of nitrogens with zero attached hydrogens (tertiary/aromatic N) is 2. The van der Waals surface area contributed by atoms with Crippen molar-refractivity contribution < 1.29 is 32.3 Å². The highest BCUT2D eigenvalue weighted by molar-refractivity contribution is 7.92. The number of sulfonamides is 1. The fraction of sp³-hybridized carbons (Fsp3) is 0.318. The molecule has 34 heavy (non-hydrogen) atoms. The summed E-state index contributed by atoms with van der Waals surface area (Å²) in [7, 11) is -2.30. The van der Waals surface area contributed by atoms with Crippen molar-refractivity contribution >= 4 is 39.2 Å². The Balaban J connectivity index is 1.29. The van der Waals surface area contributed by atoms with Crippen molar-refractivity contribution in [3.63, 3.8) is 0 Å². The molecule has 4 rings (SSSR count). The number of carbonyl (C=O) groups excluding carboxylic acids is 3. The van der Waals surface area contributed by atoms with Crippen molar-refractivity contribution in [1.29, 1.82) is 0 Å². The molecule has 0 bridgehead atoms. The molecule has 2 N–H and O–H groups in total. The molecule has 11 nitrogen and oxygen atoms in total. The minimum Gasteiger partial charge on any atom is -0.486 e. The summed E-state index contributed by atoms with van der Waals surface area (Å²) in [6, 6.07) is 10.2. The van der Waals surface area contributed by atoms with E-state index < -0.39 is 10.0 Å². The van der Waals surface area contributed by atoms with E-state index in [1.54, 1.807) is 25.2 Å². The summed E-state index contributed by atoms with van der Waals surface area (Å²) in [5.74, 6) is 0.313. The minimum absolute atomic E-state index is 0.0373. The largest absolute Gasteiger partial charge is 0.486 e. The van der Waals surface area contributed by atoms with Crippen LogP contribution in [0.4, 0.5) is 16.2 Å². The van der Waals surface area contributed by atoms with Crippen LogP contribution in [0.2, 0.25) is 0 Å². The fourth-order valence-electron chi connectivity index (χ4n) is 3.54. The van der Waals surface area contributed by atoms with Gasteiger partial charge in [0.25, 0.3) is 10.0 Å².